The van der Waals surface area contributed by atoms with Crippen LogP contribution in [0.4, 0.5) is 0 Å². The fourth-order valence-electron chi connectivity index (χ4n) is 1.01. The van der Waals surface area contributed by atoms with E-state index in [-0.39, 0.29) is 11.1 Å². The normalized spacial score (nSPS) is 13.4. The number of ether oxygens (including phenoxy) is 2. The molecular weight excluding hydrogens is 310 g/mol. The van der Waals surface area contributed by atoms with Gasteiger partial charge in [0.1, 0.15) is 17.0 Å². The molecule has 0 spiro atoms. The highest BCUT2D eigenvalue weighted by molar-refractivity contribution is 9.10. The average molecular weight is 324 g/mol. The summed E-state index contributed by atoms with van der Waals surface area (Å²) in [6.45, 7) is 2.20. The molecule has 1 rings (SSSR count). The standard InChI is InChI=1S/C10H14BrNO4S/c1-7(15-2)6-16-8-4-9(11)12-10(5-8)17(3,13)14/h4-5,7H,6H2,1-3H3/t7-/m0/s1. The molecule has 0 aliphatic rings. The van der Waals surface area contributed by atoms with Crippen molar-refractivity contribution in [2.75, 3.05) is 20.0 Å². The molecule has 1 atom stereocenters. The van der Waals surface area contributed by atoms with Crippen LogP contribution in [0.25, 0.3) is 0 Å². The van der Waals surface area contributed by atoms with E-state index >= 15 is 0 Å². The predicted molar refractivity (Wildman–Crippen MR) is 67.0 cm³/mol. The Hall–Kier alpha value is -0.660. The second-order valence-corrected chi connectivity index (χ2v) is 6.37. The molecule has 1 aromatic heterocycles. The SMILES string of the molecule is CO[C@@H](C)COc1cc(Br)nc(S(C)(=O)=O)c1. The number of rotatable bonds is 5. The van der Waals surface area contributed by atoms with Crippen molar-refractivity contribution in [2.45, 2.75) is 18.1 Å². The summed E-state index contributed by atoms with van der Waals surface area (Å²) in [6, 6.07) is 3.00. The van der Waals surface area contributed by atoms with Crippen molar-refractivity contribution >= 4 is 25.8 Å². The monoisotopic (exact) mass is 323 g/mol. The minimum absolute atomic E-state index is 0.0213. The van der Waals surface area contributed by atoms with Crippen LogP contribution in [0.1, 0.15) is 6.92 Å². The first kappa shape index (κ1) is 14.4. The minimum atomic E-state index is -3.34. The zero-order valence-electron chi connectivity index (χ0n) is 9.81. The molecule has 0 aromatic carbocycles. The van der Waals surface area contributed by atoms with E-state index in [2.05, 4.69) is 20.9 Å². The van der Waals surface area contributed by atoms with Gasteiger partial charge in [-0.15, -0.1) is 0 Å². The van der Waals surface area contributed by atoms with Crippen molar-refractivity contribution in [3.8, 4) is 5.75 Å². The molecule has 0 N–H and O–H groups in total. The molecule has 0 bridgehead atoms. The highest BCUT2D eigenvalue weighted by Gasteiger charge is 2.12. The first-order valence-corrected chi connectivity index (χ1v) is 7.54. The zero-order valence-corrected chi connectivity index (χ0v) is 12.2. The van der Waals surface area contributed by atoms with Gasteiger partial charge in [0, 0.05) is 25.5 Å². The maximum atomic E-state index is 11.4. The third kappa shape index (κ3) is 4.61. The number of hydrogen-bond acceptors (Lipinski definition) is 5. The molecule has 0 saturated heterocycles. The van der Waals surface area contributed by atoms with Gasteiger partial charge < -0.3 is 9.47 Å². The van der Waals surface area contributed by atoms with E-state index in [0.717, 1.165) is 6.26 Å². The summed E-state index contributed by atoms with van der Waals surface area (Å²) in [4.78, 5) is 3.87. The van der Waals surface area contributed by atoms with Crippen molar-refractivity contribution in [1.82, 2.24) is 4.98 Å². The van der Waals surface area contributed by atoms with E-state index in [0.29, 0.717) is 17.0 Å². The maximum absolute atomic E-state index is 11.4. The minimum Gasteiger partial charge on any atom is -0.491 e. The summed E-state index contributed by atoms with van der Waals surface area (Å²) in [7, 11) is -1.76. The third-order valence-electron chi connectivity index (χ3n) is 2.01. The molecule has 0 amide bonds. The Morgan fingerprint density at radius 1 is 1.47 bits per heavy atom. The first-order valence-electron chi connectivity index (χ1n) is 4.86. The smallest absolute Gasteiger partial charge is 0.192 e. The van der Waals surface area contributed by atoms with E-state index in [1.165, 1.54) is 6.07 Å². The van der Waals surface area contributed by atoms with Gasteiger partial charge in [-0.2, -0.15) is 0 Å². The second kappa shape index (κ2) is 5.79. The number of sulfone groups is 1. The Morgan fingerprint density at radius 2 is 2.12 bits per heavy atom. The lowest BCUT2D eigenvalue weighted by molar-refractivity contribution is 0.0715. The van der Waals surface area contributed by atoms with Crippen molar-refractivity contribution in [2.24, 2.45) is 0 Å². The van der Waals surface area contributed by atoms with Gasteiger partial charge in [-0.1, -0.05) is 0 Å². The molecule has 7 heteroatoms. The van der Waals surface area contributed by atoms with Gasteiger partial charge in [0.2, 0.25) is 0 Å². The molecule has 5 nitrogen and oxygen atoms in total. The van der Waals surface area contributed by atoms with Crippen molar-refractivity contribution in [1.29, 1.82) is 0 Å². The van der Waals surface area contributed by atoms with Crippen molar-refractivity contribution < 1.29 is 17.9 Å². The topological polar surface area (TPSA) is 65.5 Å². The average Bonchev–Trinajstić information content (AvgIpc) is 2.24. The molecule has 17 heavy (non-hydrogen) atoms. The van der Waals surface area contributed by atoms with Gasteiger partial charge in [-0.25, -0.2) is 13.4 Å². The molecule has 0 unspecified atom stereocenters. The van der Waals surface area contributed by atoms with Crippen molar-refractivity contribution in [3.63, 3.8) is 0 Å². The van der Waals surface area contributed by atoms with Gasteiger partial charge in [-0.05, 0) is 22.9 Å². The molecule has 0 saturated carbocycles. The number of pyridine rings is 1. The summed E-state index contributed by atoms with van der Waals surface area (Å²) >= 11 is 3.14. The molecule has 1 heterocycles. The van der Waals surface area contributed by atoms with Crippen LogP contribution in [-0.4, -0.2) is 39.5 Å². The van der Waals surface area contributed by atoms with E-state index in [1.807, 2.05) is 6.92 Å². The summed E-state index contributed by atoms with van der Waals surface area (Å²) in [6.07, 6.45) is 1.03. The van der Waals surface area contributed by atoms with Crippen LogP contribution in [0.2, 0.25) is 0 Å². The summed E-state index contributed by atoms with van der Waals surface area (Å²) < 4.78 is 33.6. The molecular formula is C10H14BrNO4S. The molecule has 0 radical (unpaired) electrons. The number of hydrogen-bond donors (Lipinski definition) is 0. The lowest BCUT2D eigenvalue weighted by atomic mass is 10.4. The molecule has 96 valence electrons. The predicted octanol–water partition coefficient (Wildman–Crippen LogP) is 1.66. The Morgan fingerprint density at radius 3 is 2.65 bits per heavy atom. The molecule has 1 aromatic rings. The molecule has 0 aliphatic heterocycles. The molecule has 0 aliphatic carbocycles. The van der Waals surface area contributed by atoms with Gasteiger partial charge in [-0.3, -0.25) is 0 Å². The van der Waals surface area contributed by atoms with Crippen LogP contribution >= 0.6 is 15.9 Å². The summed E-state index contributed by atoms with van der Waals surface area (Å²) in [5, 5.41) is -0.0213. The summed E-state index contributed by atoms with van der Waals surface area (Å²) in [5.74, 6) is 0.441. The summed E-state index contributed by atoms with van der Waals surface area (Å²) in [5.41, 5.74) is 0. The van der Waals surface area contributed by atoms with Crippen LogP contribution in [0, 0.1) is 0 Å². The molecule has 0 fully saturated rings. The van der Waals surface area contributed by atoms with E-state index in [4.69, 9.17) is 9.47 Å². The van der Waals surface area contributed by atoms with Crippen molar-refractivity contribution in [3.05, 3.63) is 16.7 Å². The van der Waals surface area contributed by atoms with Gasteiger partial charge in [0.15, 0.2) is 14.9 Å². The van der Waals surface area contributed by atoms with E-state index in [9.17, 15) is 8.42 Å². The lowest BCUT2D eigenvalue weighted by Crippen LogP contribution is -2.16. The maximum Gasteiger partial charge on any atom is 0.192 e. The highest BCUT2D eigenvalue weighted by atomic mass is 79.9. The van der Waals surface area contributed by atoms with Crippen LogP contribution < -0.4 is 4.74 Å². The number of halogens is 1. The number of nitrogens with zero attached hydrogens (tertiary/aromatic N) is 1. The second-order valence-electron chi connectivity index (χ2n) is 3.59. The lowest BCUT2D eigenvalue weighted by Gasteiger charge is -2.12. The third-order valence-corrected chi connectivity index (χ3v) is 3.39. The Labute approximate surface area is 109 Å². The van der Waals surface area contributed by atoms with E-state index < -0.39 is 9.84 Å². The van der Waals surface area contributed by atoms with Crippen LogP contribution in [-0.2, 0) is 14.6 Å². The first-order chi connectivity index (χ1) is 7.82. The van der Waals surface area contributed by atoms with Gasteiger partial charge in [0.25, 0.3) is 0 Å². The quantitative estimate of drug-likeness (QED) is 0.771. The Kier molecular flexibility index (Phi) is 4.91. The Bertz CT molecular complexity index is 489. The Balaban J connectivity index is 2.91. The zero-order chi connectivity index (χ0) is 13.1. The van der Waals surface area contributed by atoms with Crippen LogP contribution in [0.3, 0.4) is 0 Å². The highest BCUT2D eigenvalue weighted by Crippen LogP contribution is 2.21. The van der Waals surface area contributed by atoms with Crippen LogP contribution in [0.15, 0.2) is 21.8 Å². The van der Waals surface area contributed by atoms with E-state index in [1.54, 1.807) is 13.2 Å². The number of aromatic nitrogens is 1. The fraction of sp³-hybridized carbons (Fsp3) is 0.500. The fourth-order valence-corrected chi connectivity index (χ4v) is 2.13. The largest absolute Gasteiger partial charge is 0.491 e. The van der Waals surface area contributed by atoms with Crippen LogP contribution in [0.5, 0.6) is 5.75 Å². The van der Waals surface area contributed by atoms with Gasteiger partial charge in [0.05, 0.1) is 6.10 Å². The number of methoxy groups -OCH3 is 1. The van der Waals surface area contributed by atoms with Gasteiger partial charge >= 0.3 is 0 Å².